The Morgan fingerprint density at radius 1 is 1.62 bits per heavy atom. The van der Waals surface area contributed by atoms with Crippen LogP contribution in [0.3, 0.4) is 0 Å². The lowest BCUT2D eigenvalue weighted by atomic mass is 10.3. The zero-order valence-electron chi connectivity index (χ0n) is 9.03. The summed E-state index contributed by atoms with van der Waals surface area (Å²) >= 11 is 3.40. The number of aromatic nitrogens is 2. The maximum absolute atomic E-state index is 11.1. The van der Waals surface area contributed by atoms with Crippen LogP contribution >= 0.6 is 15.9 Å². The van der Waals surface area contributed by atoms with E-state index in [1.54, 1.807) is 11.5 Å². The minimum atomic E-state index is 0.340. The predicted molar refractivity (Wildman–Crippen MR) is 63.7 cm³/mol. The largest absolute Gasteiger partial charge is 0.378 e. The highest BCUT2D eigenvalue weighted by Crippen LogP contribution is 2.20. The lowest BCUT2D eigenvalue weighted by Crippen LogP contribution is -1.96. The Kier molecular flexibility index (Phi) is 3.07. The summed E-state index contributed by atoms with van der Waals surface area (Å²) in [7, 11) is 1.58. The zero-order valence-corrected chi connectivity index (χ0v) is 10.6. The van der Waals surface area contributed by atoms with E-state index in [4.69, 9.17) is 4.74 Å². The minimum absolute atomic E-state index is 0.340. The molecule has 0 radical (unpaired) electrons. The highest BCUT2D eigenvalue weighted by atomic mass is 79.9. The van der Waals surface area contributed by atoms with Gasteiger partial charge in [-0.05, 0) is 34.5 Å². The van der Waals surface area contributed by atoms with Crippen LogP contribution in [0.4, 0.5) is 0 Å². The Bertz CT molecular complexity index is 548. The molecule has 84 valence electrons. The van der Waals surface area contributed by atoms with E-state index in [1.165, 1.54) is 0 Å². The van der Waals surface area contributed by atoms with E-state index in [1.807, 2.05) is 19.2 Å². The predicted octanol–water partition coefficient (Wildman–Crippen LogP) is 2.36. The van der Waals surface area contributed by atoms with E-state index in [0.29, 0.717) is 18.0 Å². The highest BCUT2D eigenvalue weighted by molar-refractivity contribution is 9.10. The van der Waals surface area contributed by atoms with Crippen LogP contribution in [0.1, 0.15) is 21.7 Å². The number of carbonyl (C=O) groups is 1. The van der Waals surface area contributed by atoms with Crippen molar-refractivity contribution < 1.29 is 9.53 Å². The van der Waals surface area contributed by atoms with Crippen molar-refractivity contribution in [3.8, 4) is 0 Å². The number of aryl methyl sites for hydroxylation is 1. The molecule has 2 aromatic heterocycles. The Morgan fingerprint density at radius 3 is 3.00 bits per heavy atom. The summed E-state index contributed by atoms with van der Waals surface area (Å²) in [6.45, 7) is 2.30. The van der Waals surface area contributed by atoms with Gasteiger partial charge in [0.1, 0.15) is 11.3 Å². The van der Waals surface area contributed by atoms with E-state index in [2.05, 4.69) is 20.9 Å². The van der Waals surface area contributed by atoms with Gasteiger partial charge in [0, 0.05) is 17.8 Å². The fraction of sp³-hybridized carbons (Fsp3) is 0.273. The minimum Gasteiger partial charge on any atom is -0.378 e. The molecule has 0 unspecified atom stereocenters. The fourth-order valence-electron chi connectivity index (χ4n) is 1.70. The van der Waals surface area contributed by atoms with Crippen LogP contribution < -0.4 is 0 Å². The molecule has 0 amide bonds. The first-order valence-electron chi connectivity index (χ1n) is 4.78. The van der Waals surface area contributed by atoms with E-state index in [0.717, 1.165) is 22.0 Å². The molecule has 0 N–H and O–H groups in total. The number of pyridine rings is 1. The van der Waals surface area contributed by atoms with Crippen LogP contribution in [0, 0.1) is 6.92 Å². The molecular formula is C11H11BrN2O2. The topological polar surface area (TPSA) is 43.6 Å². The lowest BCUT2D eigenvalue weighted by Gasteiger charge is -2.00. The van der Waals surface area contributed by atoms with Gasteiger partial charge in [0.05, 0.1) is 12.3 Å². The summed E-state index contributed by atoms with van der Waals surface area (Å²) in [4.78, 5) is 15.5. The van der Waals surface area contributed by atoms with Crippen molar-refractivity contribution in [1.82, 2.24) is 9.38 Å². The number of carbonyl (C=O) groups excluding carboxylic acids is 1. The van der Waals surface area contributed by atoms with Crippen LogP contribution in [0.25, 0.3) is 5.65 Å². The SMILES string of the molecule is COCc1nc2c(C)cc(Br)cn2c1C=O. The van der Waals surface area contributed by atoms with Gasteiger partial charge in [0.15, 0.2) is 6.29 Å². The highest BCUT2D eigenvalue weighted by Gasteiger charge is 2.13. The maximum Gasteiger partial charge on any atom is 0.168 e. The molecule has 0 aliphatic rings. The molecule has 16 heavy (non-hydrogen) atoms. The molecule has 4 nitrogen and oxygen atoms in total. The quantitative estimate of drug-likeness (QED) is 0.812. The van der Waals surface area contributed by atoms with Crippen molar-refractivity contribution in [3.05, 3.63) is 33.7 Å². The summed E-state index contributed by atoms with van der Waals surface area (Å²) < 4.78 is 7.72. The van der Waals surface area contributed by atoms with Crippen LogP contribution in [0.15, 0.2) is 16.7 Å². The molecule has 0 aliphatic heterocycles. The van der Waals surface area contributed by atoms with Crippen molar-refractivity contribution in [3.63, 3.8) is 0 Å². The standard InChI is InChI=1S/C11H11BrN2O2/c1-7-3-8(12)4-14-10(5-15)9(6-16-2)13-11(7)14/h3-5H,6H2,1-2H3. The molecule has 0 aliphatic carbocycles. The third-order valence-electron chi connectivity index (χ3n) is 2.38. The van der Waals surface area contributed by atoms with Crippen molar-refractivity contribution in [1.29, 1.82) is 0 Å². The second-order valence-corrected chi connectivity index (χ2v) is 4.45. The molecule has 0 saturated carbocycles. The van der Waals surface area contributed by atoms with Crippen LogP contribution in [0.5, 0.6) is 0 Å². The number of methoxy groups -OCH3 is 1. The van der Waals surface area contributed by atoms with E-state index >= 15 is 0 Å². The average Bonchev–Trinajstić information content (AvgIpc) is 2.56. The van der Waals surface area contributed by atoms with E-state index < -0.39 is 0 Å². The molecule has 0 atom stereocenters. The van der Waals surface area contributed by atoms with E-state index in [9.17, 15) is 4.79 Å². The molecule has 0 aromatic carbocycles. The molecule has 0 saturated heterocycles. The Hall–Kier alpha value is -1.20. The zero-order chi connectivity index (χ0) is 11.7. The second-order valence-electron chi connectivity index (χ2n) is 3.53. The Labute approximate surface area is 101 Å². The number of halogens is 1. The molecule has 2 aromatic rings. The van der Waals surface area contributed by atoms with Crippen LogP contribution in [-0.4, -0.2) is 22.8 Å². The van der Waals surface area contributed by atoms with E-state index in [-0.39, 0.29) is 0 Å². The molecule has 5 heteroatoms. The Balaban J connectivity index is 2.76. The number of rotatable bonds is 3. The number of nitrogens with zero attached hydrogens (tertiary/aromatic N) is 2. The van der Waals surface area contributed by atoms with Gasteiger partial charge in [-0.3, -0.25) is 9.20 Å². The van der Waals surface area contributed by atoms with Crippen molar-refractivity contribution in [2.45, 2.75) is 13.5 Å². The number of hydrogen-bond acceptors (Lipinski definition) is 3. The molecule has 0 spiro atoms. The lowest BCUT2D eigenvalue weighted by molar-refractivity contribution is 0.111. The first-order valence-corrected chi connectivity index (χ1v) is 5.58. The first kappa shape index (κ1) is 11.3. The van der Waals surface area contributed by atoms with Gasteiger partial charge < -0.3 is 4.74 Å². The average molecular weight is 283 g/mol. The van der Waals surface area contributed by atoms with Gasteiger partial charge in [-0.2, -0.15) is 0 Å². The molecule has 0 fully saturated rings. The summed E-state index contributed by atoms with van der Waals surface area (Å²) in [5.41, 5.74) is 3.01. The maximum atomic E-state index is 11.1. The van der Waals surface area contributed by atoms with Gasteiger partial charge in [-0.1, -0.05) is 0 Å². The van der Waals surface area contributed by atoms with Crippen LogP contribution in [-0.2, 0) is 11.3 Å². The number of fused-ring (bicyclic) bond motifs is 1. The number of hydrogen-bond donors (Lipinski definition) is 0. The number of imidazole rings is 1. The van der Waals surface area contributed by atoms with Gasteiger partial charge in [0.25, 0.3) is 0 Å². The number of aldehydes is 1. The van der Waals surface area contributed by atoms with Gasteiger partial charge in [-0.25, -0.2) is 4.98 Å². The first-order chi connectivity index (χ1) is 7.67. The smallest absolute Gasteiger partial charge is 0.168 e. The Morgan fingerprint density at radius 2 is 2.38 bits per heavy atom. The molecule has 2 heterocycles. The molecule has 2 rings (SSSR count). The summed E-state index contributed by atoms with van der Waals surface area (Å²) in [5, 5.41) is 0. The van der Waals surface area contributed by atoms with Crippen molar-refractivity contribution in [2.75, 3.05) is 7.11 Å². The fourth-order valence-corrected chi connectivity index (χ4v) is 2.25. The third kappa shape index (κ3) is 1.76. The van der Waals surface area contributed by atoms with Crippen LogP contribution in [0.2, 0.25) is 0 Å². The van der Waals surface area contributed by atoms with Gasteiger partial charge in [0.2, 0.25) is 0 Å². The third-order valence-corrected chi connectivity index (χ3v) is 2.81. The number of ether oxygens (including phenoxy) is 1. The van der Waals surface area contributed by atoms with Gasteiger partial charge >= 0.3 is 0 Å². The second kappa shape index (κ2) is 4.35. The van der Waals surface area contributed by atoms with Crippen molar-refractivity contribution in [2.24, 2.45) is 0 Å². The van der Waals surface area contributed by atoms with Gasteiger partial charge in [-0.15, -0.1) is 0 Å². The normalized spacial score (nSPS) is 10.9. The molecule has 0 bridgehead atoms. The summed E-state index contributed by atoms with van der Waals surface area (Å²) in [6.07, 6.45) is 2.64. The summed E-state index contributed by atoms with van der Waals surface area (Å²) in [5.74, 6) is 0. The molecular weight excluding hydrogens is 272 g/mol. The monoisotopic (exact) mass is 282 g/mol. The van der Waals surface area contributed by atoms with Crippen molar-refractivity contribution >= 4 is 27.9 Å². The summed E-state index contributed by atoms with van der Waals surface area (Å²) in [6, 6.07) is 1.97.